The fourth-order valence-corrected chi connectivity index (χ4v) is 2.39. The van der Waals surface area contributed by atoms with Crippen molar-refractivity contribution in [1.29, 1.82) is 0 Å². The van der Waals surface area contributed by atoms with Crippen LogP contribution in [-0.4, -0.2) is 18.1 Å². The third-order valence-corrected chi connectivity index (χ3v) is 3.24. The molecule has 2 unspecified atom stereocenters. The second-order valence-corrected chi connectivity index (χ2v) is 4.05. The molecule has 1 saturated heterocycles. The summed E-state index contributed by atoms with van der Waals surface area (Å²) in [5.74, 6) is 1.50. The van der Waals surface area contributed by atoms with Crippen LogP contribution in [0.5, 0.6) is 0 Å². The molecule has 76 valence electrons. The lowest BCUT2D eigenvalue weighted by Crippen LogP contribution is -2.35. The largest absolute Gasteiger partial charge is 0.316 e. The first-order valence-electron chi connectivity index (χ1n) is 5.52. The van der Waals surface area contributed by atoms with E-state index in [9.17, 15) is 0 Å². The molecule has 1 N–H and O–H groups in total. The van der Waals surface area contributed by atoms with Crippen LogP contribution in [0.1, 0.15) is 31.2 Å². The standard InChI is InChI=1S/C12H18N2/c1-2-10-8-14-7-5-12(10)11-4-3-6-13-9-11/h3-4,6,9-10,12,14H,2,5,7-8H2,1H3. The first-order valence-corrected chi connectivity index (χ1v) is 5.52. The lowest BCUT2D eigenvalue weighted by Gasteiger charge is -2.31. The molecule has 1 aromatic rings. The van der Waals surface area contributed by atoms with Gasteiger partial charge in [0, 0.05) is 12.4 Å². The van der Waals surface area contributed by atoms with Gasteiger partial charge in [-0.15, -0.1) is 0 Å². The number of nitrogens with one attached hydrogen (secondary N) is 1. The number of hydrogen-bond donors (Lipinski definition) is 1. The van der Waals surface area contributed by atoms with Crippen LogP contribution in [0.3, 0.4) is 0 Å². The summed E-state index contributed by atoms with van der Waals surface area (Å²) < 4.78 is 0. The van der Waals surface area contributed by atoms with Crippen molar-refractivity contribution in [1.82, 2.24) is 10.3 Å². The molecule has 2 heteroatoms. The fraction of sp³-hybridized carbons (Fsp3) is 0.583. The van der Waals surface area contributed by atoms with Gasteiger partial charge in [-0.3, -0.25) is 4.98 Å². The number of aromatic nitrogens is 1. The molecule has 0 radical (unpaired) electrons. The zero-order chi connectivity index (χ0) is 9.80. The van der Waals surface area contributed by atoms with Gasteiger partial charge in [0.15, 0.2) is 0 Å². The van der Waals surface area contributed by atoms with Crippen molar-refractivity contribution in [3.63, 3.8) is 0 Å². The van der Waals surface area contributed by atoms with E-state index in [1.54, 1.807) is 0 Å². The molecule has 1 aromatic heterocycles. The Morgan fingerprint density at radius 3 is 3.21 bits per heavy atom. The molecule has 0 amide bonds. The number of piperidine rings is 1. The van der Waals surface area contributed by atoms with Gasteiger partial charge in [-0.2, -0.15) is 0 Å². The van der Waals surface area contributed by atoms with E-state index in [1.165, 1.54) is 18.4 Å². The molecule has 2 atom stereocenters. The van der Waals surface area contributed by atoms with E-state index >= 15 is 0 Å². The van der Waals surface area contributed by atoms with Gasteiger partial charge in [0.05, 0.1) is 0 Å². The predicted molar refractivity (Wildman–Crippen MR) is 58.2 cm³/mol. The molecule has 0 bridgehead atoms. The Kier molecular flexibility index (Phi) is 3.14. The summed E-state index contributed by atoms with van der Waals surface area (Å²) in [5.41, 5.74) is 1.42. The highest BCUT2D eigenvalue weighted by Gasteiger charge is 2.24. The van der Waals surface area contributed by atoms with Crippen molar-refractivity contribution in [2.24, 2.45) is 5.92 Å². The lowest BCUT2D eigenvalue weighted by molar-refractivity contribution is 0.317. The van der Waals surface area contributed by atoms with E-state index < -0.39 is 0 Å². The van der Waals surface area contributed by atoms with Crippen molar-refractivity contribution in [2.75, 3.05) is 13.1 Å². The molecular formula is C12H18N2. The van der Waals surface area contributed by atoms with Crippen molar-refractivity contribution in [2.45, 2.75) is 25.7 Å². The molecule has 1 aliphatic rings. The van der Waals surface area contributed by atoms with Gasteiger partial charge in [-0.25, -0.2) is 0 Å². The van der Waals surface area contributed by atoms with Crippen LogP contribution in [-0.2, 0) is 0 Å². The van der Waals surface area contributed by atoms with Crippen LogP contribution >= 0.6 is 0 Å². The summed E-state index contributed by atoms with van der Waals surface area (Å²) in [4.78, 5) is 4.21. The third kappa shape index (κ3) is 1.95. The van der Waals surface area contributed by atoms with Crippen molar-refractivity contribution >= 4 is 0 Å². The molecule has 1 fully saturated rings. The maximum absolute atomic E-state index is 4.21. The van der Waals surface area contributed by atoms with Crippen LogP contribution < -0.4 is 5.32 Å². The SMILES string of the molecule is CCC1CNCCC1c1cccnc1. The van der Waals surface area contributed by atoms with Crippen LogP contribution in [0.25, 0.3) is 0 Å². The Morgan fingerprint density at radius 1 is 1.57 bits per heavy atom. The second kappa shape index (κ2) is 4.56. The van der Waals surface area contributed by atoms with Crippen molar-refractivity contribution in [3.8, 4) is 0 Å². The van der Waals surface area contributed by atoms with E-state index in [2.05, 4.69) is 23.3 Å². The van der Waals surface area contributed by atoms with Crippen LogP contribution in [0.15, 0.2) is 24.5 Å². The number of hydrogen-bond acceptors (Lipinski definition) is 2. The maximum atomic E-state index is 4.21. The Bertz CT molecular complexity index is 271. The Labute approximate surface area is 85.7 Å². The molecule has 2 rings (SSSR count). The molecule has 1 aliphatic heterocycles. The number of rotatable bonds is 2. The smallest absolute Gasteiger partial charge is 0.0302 e. The van der Waals surface area contributed by atoms with Gasteiger partial charge in [-0.05, 0) is 43.0 Å². The summed E-state index contributed by atoms with van der Waals surface area (Å²) in [6.45, 7) is 4.59. The molecule has 0 aliphatic carbocycles. The zero-order valence-electron chi connectivity index (χ0n) is 8.74. The second-order valence-electron chi connectivity index (χ2n) is 4.05. The highest BCUT2D eigenvalue weighted by molar-refractivity contribution is 5.16. The summed E-state index contributed by atoms with van der Waals surface area (Å²) >= 11 is 0. The summed E-state index contributed by atoms with van der Waals surface area (Å²) in [6, 6.07) is 4.26. The van der Waals surface area contributed by atoms with Crippen molar-refractivity contribution in [3.05, 3.63) is 30.1 Å². The Morgan fingerprint density at radius 2 is 2.50 bits per heavy atom. The first-order chi connectivity index (χ1) is 6.92. The molecule has 2 nitrogen and oxygen atoms in total. The van der Waals surface area contributed by atoms with Gasteiger partial charge in [0.1, 0.15) is 0 Å². The van der Waals surface area contributed by atoms with E-state index in [1.807, 2.05) is 18.5 Å². The Balaban J connectivity index is 2.15. The predicted octanol–water partition coefficient (Wildman–Crippen LogP) is 2.18. The number of nitrogens with zero attached hydrogens (tertiary/aromatic N) is 1. The van der Waals surface area contributed by atoms with Gasteiger partial charge in [0.25, 0.3) is 0 Å². The zero-order valence-corrected chi connectivity index (χ0v) is 8.74. The first kappa shape index (κ1) is 9.66. The highest BCUT2D eigenvalue weighted by atomic mass is 14.9. The van der Waals surface area contributed by atoms with Gasteiger partial charge in [-0.1, -0.05) is 19.4 Å². The minimum Gasteiger partial charge on any atom is -0.316 e. The highest BCUT2D eigenvalue weighted by Crippen LogP contribution is 2.31. The van der Waals surface area contributed by atoms with E-state index in [0.29, 0.717) is 0 Å². The summed E-state index contributed by atoms with van der Waals surface area (Å²) in [6.07, 6.45) is 6.39. The minimum absolute atomic E-state index is 0.718. The minimum atomic E-state index is 0.718. The van der Waals surface area contributed by atoms with Gasteiger partial charge < -0.3 is 5.32 Å². The third-order valence-electron chi connectivity index (χ3n) is 3.24. The molecule has 2 heterocycles. The van der Waals surface area contributed by atoms with Crippen molar-refractivity contribution < 1.29 is 0 Å². The van der Waals surface area contributed by atoms with E-state index in [-0.39, 0.29) is 0 Å². The topological polar surface area (TPSA) is 24.9 Å². The fourth-order valence-electron chi connectivity index (χ4n) is 2.39. The lowest BCUT2D eigenvalue weighted by atomic mass is 9.80. The average molecular weight is 190 g/mol. The molecule has 0 aromatic carbocycles. The monoisotopic (exact) mass is 190 g/mol. The molecule has 0 spiro atoms. The number of pyridine rings is 1. The van der Waals surface area contributed by atoms with Gasteiger partial charge >= 0.3 is 0 Å². The molecule has 14 heavy (non-hydrogen) atoms. The van der Waals surface area contributed by atoms with E-state index in [0.717, 1.165) is 24.9 Å². The summed E-state index contributed by atoms with van der Waals surface area (Å²) in [7, 11) is 0. The van der Waals surface area contributed by atoms with Crippen LogP contribution in [0.2, 0.25) is 0 Å². The maximum Gasteiger partial charge on any atom is 0.0302 e. The molecule has 0 saturated carbocycles. The Hall–Kier alpha value is -0.890. The quantitative estimate of drug-likeness (QED) is 0.773. The average Bonchev–Trinajstić information content (AvgIpc) is 2.30. The van der Waals surface area contributed by atoms with Gasteiger partial charge in [0.2, 0.25) is 0 Å². The summed E-state index contributed by atoms with van der Waals surface area (Å²) in [5, 5.41) is 3.47. The molecular weight excluding hydrogens is 172 g/mol. The van der Waals surface area contributed by atoms with E-state index in [4.69, 9.17) is 0 Å². The normalized spacial score (nSPS) is 27.5. The van der Waals surface area contributed by atoms with Crippen LogP contribution in [0.4, 0.5) is 0 Å². The van der Waals surface area contributed by atoms with Crippen LogP contribution in [0, 0.1) is 5.92 Å².